The number of carbonyl (C=O) groups excluding carboxylic acids is 1. The maximum atomic E-state index is 11.7. The van der Waals surface area contributed by atoms with Gasteiger partial charge in [0.1, 0.15) is 12.4 Å². The first-order chi connectivity index (χ1) is 14.6. The molecule has 2 amide bonds. The lowest BCUT2D eigenvalue weighted by Crippen LogP contribution is -2.59. The van der Waals surface area contributed by atoms with Crippen molar-refractivity contribution in [1.82, 2.24) is 10.2 Å². The average Bonchev–Trinajstić information content (AvgIpc) is 2.72. The first-order valence-electron chi connectivity index (χ1n) is 12.1. The molecule has 5 nitrogen and oxygen atoms in total. The van der Waals surface area contributed by atoms with Crippen molar-refractivity contribution in [1.29, 1.82) is 0 Å². The minimum Gasteiger partial charge on any atom is -0.492 e. The first-order valence-corrected chi connectivity index (χ1v) is 12.1. The second kappa shape index (κ2) is 8.41. The van der Waals surface area contributed by atoms with Gasteiger partial charge < -0.3 is 15.8 Å². The molecule has 4 saturated carbocycles. The summed E-state index contributed by atoms with van der Waals surface area (Å²) in [6.07, 6.45) is 9.11. The number of nitrogens with two attached hydrogens (primary N) is 1. The van der Waals surface area contributed by atoms with E-state index in [4.69, 9.17) is 10.5 Å². The number of ether oxygens (including phenoxy) is 1. The summed E-state index contributed by atoms with van der Waals surface area (Å²) in [5, 5.41) is 3.12. The molecule has 3 N–H and O–H groups in total. The van der Waals surface area contributed by atoms with E-state index in [1.54, 1.807) is 0 Å². The fourth-order valence-electron chi connectivity index (χ4n) is 7.37. The Hall–Kier alpha value is -1.75. The van der Waals surface area contributed by atoms with Gasteiger partial charge in [-0.1, -0.05) is 12.5 Å². The van der Waals surface area contributed by atoms with Gasteiger partial charge in [0.15, 0.2) is 0 Å². The topological polar surface area (TPSA) is 67.6 Å². The molecule has 1 aromatic rings. The third-order valence-electron chi connectivity index (χ3n) is 8.46. The predicted octanol–water partition coefficient (Wildman–Crippen LogP) is 4.05. The van der Waals surface area contributed by atoms with Crippen LogP contribution in [0, 0.1) is 30.6 Å². The van der Waals surface area contributed by atoms with Gasteiger partial charge in [-0.05, 0) is 111 Å². The van der Waals surface area contributed by atoms with Crippen LogP contribution in [-0.4, -0.2) is 43.2 Å². The maximum absolute atomic E-state index is 11.7. The molecular formula is C25H37N3O2. The summed E-state index contributed by atoms with van der Waals surface area (Å²) in [6.45, 7) is 6.45. The average molecular weight is 412 g/mol. The molecule has 1 aliphatic heterocycles. The number of nitrogens with zero attached hydrogens (tertiary/aromatic N) is 1. The standard InChI is InChI=1S/C25H37N3O2/c1-16-11-20(30-10-9-28-7-3-2-4-8-28)5-6-21(16)23-18-12-17-13-19(15-18)24(22(23)14-17)27-25(26)29/h5-6,11,17-19,22-24H,2-4,7-10,12-15H2,1H3,(H3,26,27,29). The molecule has 6 atom stereocenters. The van der Waals surface area contributed by atoms with Gasteiger partial charge in [0, 0.05) is 12.6 Å². The molecular weight excluding hydrogens is 374 g/mol. The van der Waals surface area contributed by atoms with Gasteiger partial charge in [0.25, 0.3) is 0 Å². The number of benzene rings is 1. The molecule has 1 aromatic carbocycles. The van der Waals surface area contributed by atoms with Gasteiger partial charge >= 0.3 is 6.03 Å². The minimum atomic E-state index is -0.361. The molecule has 6 unspecified atom stereocenters. The van der Waals surface area contributed by atoms with E-state index in [-0.39, 0.29) is 12.1 Å². The van der Waals surface area contributed by atoms with Crippen LogP contribution in [0.4, 0.5) is 4.79 Å². The van der Waals surface area contributed by atoms with Crippen LogP contribution in [0.15, 0.2) is 18.2 Å². The van der Waals surface area contributed by atoms with Gasteiger partial charge in [-0.2, -0.15) is 0 Å². The molecule has 0 radical (unpaired) electrons. The van der Waals surface area contributed by atoms with Crippen molar-refractivity contribution in [2.45, 2.75) is 63.8 Å². The number of carbonyl (C=O) groups is 1. The highest BCUT2D eigenvalue weighted by molar-refractivity contribution is 5.72. The van der Waals surface area contributed by atoms with Crippen LogP contribution in [0.2, 0.25) is 0 Å². The molecule has 0 spiro atoms. The summed E-state index contributed by atoms with van der Waals surface area (Å²) in [7, 11) is 0. The molecule has 4 bridgehead atoms. The maximum Gasteiger partial charge on any atom is 0.312 e. The zero-order chi connectivity index (χ0) is 20.7. The van der Waals surface area contributed by atoms with Gasteiger partial charge in [-0.3, -0.25) is 4.90 Å². The van der Waals surface area contributed by atoms with Crippen LogP contribution < -0.4 is 15.8 Å². The van der Waals surface area contributed by atoms with Gasteiger partial charge in [-0.15, -0.1) is 0 Å². The Morgan fingerprint density at radius 3 is 2.70 bits per heavy atom. The van der Waals surface area contributed by atoms with Gasteiger partial charge in [-0.25, -0.2) is 4.79 Å². The van der Waals surface area contributed by atoms with Crippen LogP contribution in [0.1, 0.15) is 62.0 Å². The molecule has 30 heavy (non-hydrogen) atoms. The Kier molecular flexibility index (Phi) is 5.65. The highest BCUT2D eigenvalue weighted by Gasteiger charge is 2.54. The van der Waals surface area contributed by atoms with E-state index in [2.05, 4.69) is 35.3 Å². The highest BCUT2D eigenvalue weighted by atomic mass is 16.5. The summed E-state index contributed by atoms with van der Waals surface area (Å²) in [5.41, 5.74) is 8.33. The fourth-order valence-corrected chi connectivity index (χ4v) is 7.37. The van der Waals surface area contributed by atoms with E-state index in [1.807, 2.05) is 0 Å². The lowest BCUT2D eigenvalue weighted by atomic mass is 9.48. The largest absolute Gasteiger partial charge is 0.492 e. The van der Waals surface area contributed by atoms with Gasteiger partial charge in [0.2, 0.25) is 0 Å². The van der Waals surface area contributed by atoms with E-state index < -0.39 is 0 Å². The summed E-state index contributed by atoms with van der Waals surface area (Å²) >= 11 is 0. The summed E-state index contributed by atoms with van der Waals surface area (Å²) in [4.78, 5) is 14.2. The number of urea groups is 1. The van der Waals surface area contributed by atoms with Crippen LogP contribution in [0.25, 0.3) is 0 Å². The Balaban J connectivity index is 1.27. The minimum absolute atomic E-state index is 0.250. The second-order valence-corrected chi connectivity index (χ2v) is 10.3. The van der Waals surface area contributed by atoms with Crippen molar-refractivity contribution in [3.63, 3.8) is 0 Å². The number of likely N-dealkylation sites (tertiary alicyclic amines) is 1. The lowest BCUT2D eigenvalue weighted by molar-refractivity contribution is -0.0298. The number of aryl methyl sites for hydroxylation is 1. The van der Waals surface area contributed by atoms with E-state index >= 15 is 0 Å². The van der Waals surface area contributed by atoms with Crippen LogP contribution >= 0.6 is 0 Å². The normalized spacial score (nSPS) is 35.4. The van der Waals surface area contributed by atoms with Crippen molar-refractivity contribution in [3.8, 4) is 5.75 Å². The number of rotatable bonds is 6. The zero-order valence-corrected chi connectivity index (χ0v) is 18.3. The molecule has 1 saturated heterocycles. The van der Waals surface area contributed by atoms with Crippen LogP contribution in [0.5, 0.6) is 5.75 Å². The number of amides is 2. The van der Waals surface area contributed by atoms with Crippen molar-refractivity contribution < 1.29 is 9.53 Å². The Labute approximate surface area is 180 Å². The number of piperidine rings is 1. The lowest BCUT2D eigenvalue weighted by Gasteiger charge is -2.58. The third-order valence-corrected chi connectivity index (χ3v) is 8.46. The second-order valence-electron chi connectivity index (χ2n) is 10.3. The van der Waals surface area contributed by atoms with Crippen molar-refractivity contribution >= 4 is 6.03 Å². The van der Waals surface area contributed by atoms with E-state index in [9.17, 15) is 4.79 Å². The van der Waals surface area contributed by atoms with Crippen molar-refractivity contribution in [2.24, 2.45) is 29.4 Å². The number of nitrogens with one attached hydrogen (secondary N) is 1. The third kappa shape index (κ3) is 3.93. The quantitative estimate of drug-likeness (QED) is 0.742. The van der Waals surface area contributed by atoms with Crippen LogP contribution in [0.3, 0.4) is 0 Å². The summed E-state index contributed by atoms with van der Waals surface area (Å²) < 4.78 is 6.11. The Morgan fingerprint density at radius 1 is 1.13 bits per heavy atom. The molecule has 6 rings (SSSR count). The molecule has 5 fully saturated rings. The highest BCUT2D eigenvalue weighted by Crippen LogP contribution is 2.60. The van der Waals surface area contributed by atoms with Gasteiger partial charge in [0.05, 0.1) is 0 Å². The molecule has 5 heteroatoms. The van der Waals surface area contributed by atoms with E-state index in [0.29, 0.717) is 17.8 Å². The molecule has 4 aliphatic carbocycles. The monoisotopic (exact) mass is 411 g/mol. The van der Waals surface area contributed by atoms with E-state index in [1.165, 1.54) is 69.2 Å². The van der Waals surface area contributed by atoms with E-state index in [0.717, 1.165) is 30.7 Å². The predicted molar refractivity (Wildman–Crippen MR) is 119 cm³/mol. The first kappa shape index (κ1) is 20.2. The molecule has 1 heterocycles. The number of primary amides is 1. The summed E-state index contributed by atoms with van der Waals surface area (Å²) in [5.74, 6) is 4.27. The number of hydrogen-bond donors (Lipinski definition) is 2. The number of hydrogen-bond acceptors (Lipinski definition) is 3. The zero-order valence-electron chi connectivity index (χ0n) is 18.3. The smallest absolute Gasteiger partial charge is 0.312 e. The van der Waals surface area contributed by atoms with Crippen LogP contribution in [-0.2, 0) is 0 Å². The summed E-state index contributed by atoms with van der Waals surface area (Å²) in [6, 6.07) is 6.59. The van der Waals surface area contributed by atoms with Crippen molar-refractivity contribution in [3.05, 3.63) is 29.3 Å². The molecule has 164 valence electrons. The Bertz CT molecular complexity index is 776. The molecule has 5 aliphatic rings. The van der Waals surface area contributed by atoms with Crippen molar-refractivity contribution in [2.75, 3.05) is 26.2 Å². The fraction of sp³-hybridized carbons (Fsp3) is 0.720. The Morgan fingerprint density at radius 2 is 1.93 bits per heavy atom. The molecule has 0 aromatic heterocycles. The SMILES string of the molecule is Cc1cc(OCCN2CCCCC2)ccc1C1C2CC3CC(C2)C(NC(N)=O)C1C3.